The lowest BCUT2D eigenvalue weighted by molar-refractivity contribution is 0.698. The Morgan fingerprint density at radius 3 is 2.93 bits per heavy atom. The lowest BCUT2D eigenvalue weighted by Gasteiger charge is -2.13. The largest absolute Gasteiger partial charge is 0.359 e. The lowest BCUT2D eigenvalue weighted by atomic mass is 10.1. The van der Waals surface area contributed by atoms with E-state index in [9.17, 15) is 0 Å². The highest BCUT2D eigenvalue weighted by Gasteiger charge is 2.12. The number of benzene rings is 1. The molecular weight excluding hydrogens is 405 g/mol. The summed E-state index contributed by atoms with van der Waals surface area (Å²) in [5.74, 6) is 0. The molecule has 4 N–H and O–H groups in total. The third kappa shape index (κ3) is 4.19. The number of nitrogens with one attached hydrogen (secondary N) is 2. The Kier molecular flexibility index (Phi) is 5.22. The number of aromatic amines is 1. The molecule has 0 aliphatic rings. The fourth-order valence-electron chi connectivity index (χ4n) is 2.62. The SMILES string of the molecule is NC(CNc1nnc(-c2cc3cn[nH]c3cn2)s1)Cc1ccc(Cl)cc1Cl. The van der Waals surface area contributed by atoms with Crippen LogP contribution in [0.1, 0.15) is 5.56 Å². The molecule has 10 heteroatoms. The highest BCUT2D eigenvalue weighted by atomic mass is 35.5. The number of rotatable bonds is 6. The molecule has 4 rings (SSSR count). The van der Waals surface area contributed by atoms with E-state index in [1.165, 1.54) is 11.3 Å². The summed E-state index contributed by atoms with van der Waals surface area (Å²) < 4.78 is 0. The summed E-state index contributed by atoms with van der Waals surface area (Å²) in [6, 6.07) is 7.22. The zero-order valence-electron chi connectivity index (χ0n) is 14.0. The van der Waals surface area contributed by atoms with Crippen LogP contribution in [0.25, 0.3) is 21.6 Å². The summed E-state index contributed by atoms with van der Waals surface area (Å²) in [4.78, 5) is 4.39. The lowest BCUT2D eigenvalue weighted by Crippen LogP contribution is -2.31. The van der Waals surface area contributed by atoms with Gasteiger partial charge in [-0.15, -0.1) is 10.2 Å². The van der Waals surface area contributed by atoms with Crippen molar-refractivity contribution < 1.29 is 0 Å². The van der Waals surface area contributed by atoms with Crippen molar-refractivity contribution in [2.45, 2.75) is 12.5 Å². The van der Waals surface area contributed by atoms with E-state index in [0.29, 0.717) is 28.1 Å². The molecule has 1 atom stereocenters. The van der Waals surface area contributed by atoms with Crippen molar-refractivity contribution >= 4 is 50.6 Å². The maximum Gasteiger partial charge on any atom is 0.206 e. The van der Waals surface area contributed by atoms with Gasteiger partial charge in [-0.1, -0.05) is 40.6 Å². The predicted octanol–water partition coefficient (Wildman–Crippen LogP) is 3.77. The summed E-state index contributed by atoms with van der Waals surface area (Å²) in [6.07, 6.45) is 4.12. The summed E-state index contributed by atoms with van der Waals surface area (Å²) in [5, 5.41) is 22.1. The first-order valence-electron chi connectivity index (χ1n) is 8.15. The number of nitrogens with two attached hydrogens (primary N) is 1. The third-order valence-corrected chi connectivity index (χ3v) is 5.47. The molecule has 4 aromatic rings. The van der Waals surface area contributed by atoms with Crippen LogP contribution in [0.2, 0.25) is 10.0 Å². The van der Waals surface area contributed by atoms with Crippen LogP contribution in [0.15, 0.2) is 36.7 Å². The first kappa shape index (κ1) is 18.1. The fraction of sp³-hybridized carbons (Fsp3) is 0.176. The van der Waals surface area contributed by atoms with E-state index >= 15 is 0 Å². The number of fused-ring (bicyclic) bond motifs is 1. The molecule has 0 amide bonds. The molecule has 138 valence electrons. The quantitative estimate of drug-likeness (QED) is 0.439. The van der Waals surface area contributed by atoms with Crippen LogP contribution in [0.3, 0.4) is 0 Å². The molecule has 0 fully saturated rings. The first-order valence-corrected chi connectivity index (χ1v) is 9.72. The van der Waals surface area contributed by atoms with Gasteiger partial charge in [-0.3, -0.25) is 10.1 Å². The van der Waals surface area contributed by atoms with E-state index in [1.807, 2.05) is 18.2 Å². The van der Waals surface area contributed by atoms with Gasteiger partial charge in [-0.2, -0.15) is 5.10 Å². The van der Waals surface area contributed by atoms with Crippen LogP contribution in [0.5, 0.6) is 0 Å². The molecule has 0 aliphatic carbocycles. The fourth-order valence-corrected chi connectivity index (χ4v) is 3.82. The van der Waals surface area contributed by atoms with Gasteiger partial charge in [-0.25, -0.2) is 0 Å². The minimum atomic E-state index is -0.128. The van der Waals surface area contributed by atoms with E-state index in [1.54, 1.807) is 18.5 Å². The van der Waals surface area contributed by atoms with Crippen molar-refractivity contribution in [3.05, 3.63) is 52.3 Å². The Hall–Kier alpha value is -2.26. The molecule has 0 bridgehead atoms. The van der Waals surface area contributed by atoms with Crippen molar-refractivity contribution in [1.29, 1.82) is 0 Å². The highest BCUT2D eigenvalue weighted by molar-refractivity contribution is 7.18. The van der Waals surface area contributed by atoms with Crippen molar-refractivity contribution in [3.8, 4) is 10.7 Å². The van der Waals surface area contributed by atoms with Crippen LogP contribution < -0.4 is 11.1 Å². The Bertz CT molecular complexity index is 1080. The third-order valence-electron chi connectivity index (χ3n) is 3.98. The maximum absolute atomic E-state index is 6.21. The molecular formula is C17H15Cl2N7S. The second-order valence-corrected chi connectivity index (χ2v) is 7.84. The molecule has 0 aliphatic heterocycles. The molecule has 0 saturated carbocycles. The second kappa shape index (κ2) is 7.77. The van der Waals surface area contributed by atoms with Gasteiger partial charge < -0.3 is 11.1 Å². The molecule has 7 nitrogen and oxygen atoms in total. The molecule has 3 heterocycles. The van der Waals surface area contributed by atoms with Crippen LogP contribution >= 0.6 is 34.5 Å². The topological polar surface area (TPSA) is 105 Å². The molecule has 1 unspecified atom stereocenters. The number of pyridine rings is 1. The summed E-state index contributed by atoms with van der Waals surface area (Å²) >= 11 is 13.5. The van der Waals surface area contributed by atoms with Crippen LogP contribution in [0, 0.1) is 0 Å². The molecule has 0 saturated heterocycles. The van der Waals surface area contributed by atoms with E-state index in [-0.39, 0.29) is 6.04 Å². The van der Waals surface area contributed by atoms with Crippen LogP contribution in [-0.2, 0) is 6.42 Å². The molecule has 27 heavy (non-hydrogen) atoms. The number of hydrogen-bond donors (Lipinski definition) is 3. The van der Waals surface area contributed by atoms with Gasteiger partial charge >= 0.3 is 0 Å². The number of hydrogen-bond acceptors (Lipinski definition) is 7. The van der Waals surface area contributed by atoms with Crippen molar-refractivity contribution in [2.24, 2.45) is 5.73 Å². The molecule has 0 radical (unpaired) electrons. The number of nitrogens with zero attached hydrogens (tertiary/aromatic N) is 4. The minimum absolute atomic E-state index is 0.128. The van der Waals surface area contributed by atoms with Gasteiger partial charge in [0, 0.05) is 28.0 Å². The van der Waals surface area contributed by atoms with E-state index in [4.69, 9.17) is 28.9 Å². The second-order valence-electron chi connectivity index (χ2n) is 6.02. The monoisotopic (exact) mass is 419 g/mol. The Labute approximate surface area is 168 Å². The van der Waals surface area contributed by atoms with Crippen molar-refractivity contribution in [3.63, 3.8) is 0 Å². The van der Waals surface area contributed by atoms with Gasteiger partial charge in [0.25, 0.3) is 0 Å². The Morgan fingerprint density at radius 1 is 1.19 bits per heavy atom. The smallest absolute Gasteiger partial charge is 0.206 e. The number of H-pyrrole nitrogens is 1. The Morgan fingerprint density at radius 2 is 2.07 bits per heavy atom. The standard InChI is InChI=1S/C17H15Cl2N7S/c18-11-2-1-9(13(19)5-11)3-12(20)7-22-17-26-25-16(27-17)14-4-10-6-23-24-15(10)8-21-14/h1-2,4-6,8,12H,3,7,20H2,(H,22,26)(H,23,24). The van der Waals surface area contributed by atoms with E-state index in [0.717, 1.165) is 27.2 Å². The number of halogens is 2. The summed E-state index contributed by atoms with van der Waals surface area (Å²) in [5.41, 5.74) is 8.81. The summed E-state index contributed by atoms with van der Waals surface area (Å²) in [7, 11) is 0. The van der Waals surface area contributed by atoms with Gasteiger partial charge in [0.05, 0.1) is 17.9 Å². The van der Waals surface area contributed by atoms with E-state index < -0.39 is 0 Å². The van der Waals surface area contributed by atoms with Crippen molar-refractivity contribution in [1.82, 2.24) is 25.4 Å². The van der Waals surface area contributed by atoms with Crippen LogP contribution in [0.4, 0.5) is 5.13 Å². The van der Waals surface area contributed by atoms with Crippen LogP contribution in [-0.4, -0.2) is 38.0 Å². The average molecular weight is 420 g/mol. The zero-order valence-corrected chi connectivity index (χ0v) is 16.3. The normalized spacial score (nSPS) is 12.4. The van der Waals surface area contributed by atoms with Gasteiger partial charge in [-0.05, 0) is 30.2 Å². The highest BCUT2D eigenvalue weighted by Crippen LogP contribution is 2.27. The first-order chi connectivity index (χ1) is 13.1. The molecule has 1 aromatic carbocycles. The minimum Gasteiger partial charge on any atom is -0.359 e. The Balaban J connectivity index is 1.38. The van der Waals surface area contributed by atoms with Gasteiger partial charge in [0.15, 0.2) is 5.01 Å². The molecule has 3 aromatic heterocycles. The number of anilines is 1. The maximum atomic E-state index is 6.21. The summed E-state index contributed by atoms with van der Waals surface area (Å²) in [6.45, 7) is 0.543. The molecule has 0 spiro atoms. The van der Waals surface area contributed by atoms with Crippen molar-refractivity contribution in [2.75, 3.05) is 11.9 Å². The predicted molar refractivity (Wildman–Crippen MR) is 109 cm³/mol. The van der Waals surface area contributed by atoms with Gasteiger partial charge in [0.1, 0.15) is 5.69 Å². The van der Waals surface area contributed by atoms with E-state index in [2.05, 4.69) is 30.7 Å². The number of aromatic nitrogens is 5. The average Bonchev–Trinajstić information content (AvgIpc) is 3.30. The zero-order chi connectivity index (χ0) is 18.8. The van der Waals surface area contributed by atoms with Gasteiger partial charge in [0.2, 0.25) is 5.13 Å².